The molecule has 2 N–H and O–H groups in total. The third-order valence-corrected chi connectivity index (χ3v) is 2.98. The molecule has 2 rings (SSSR count). The average molecular weight is 240 g/mol. The van der Waals surface area contributed by atoms with Gasteiger partial charge in [-0.15, -0.1) is 0 Å². The van der Waals surface area contributed by atoms with Crippen LogP contribution in [0.3, 0.4) is 0 Å². The van der Waals surface area contributed by atoms with Crippen LogP contribution in [0, 0.1) is 0 Å². The van der Waals surface area contributed by atoms with Gasteiger partial charge in [0.2, 0.25) is 0 Å². The summed E-state index contributed by atoms with van der Waals surface area (Å²) >= 11 is 0. The molecule has 5 nitrogen and oxygen atoms in total. The number of nitrogens with zero attached hydrogens (tertiary/aromatic N) is 3. The molecule has 0 bridgehead atoms. The molecule has 94 valence electrons. The van der Waals surface area contributed by atoms with Crippen LogP contribution in [0.2, 0.25) is 0 Å². The third kappa shape index (κ3) is 2.57. The summed E-state index contributed by atoms with van der Waals surface area (Å²) in [6.45, 7) is 1.16. The van der Waals surface area contributed by atoms with E-state index >= 15 is 0 Å². The van der Waals surface area contributed by atoms with E-state index in [0.29, 0.717) is 5.56 Å². The Labute approximate surface area is 99.4 Å². The van der Waals surface area contributed by atoms with Gasteiger partial charge in [-0.05, 0) is 19.3 Å². The van der Waals surface area contributed by atoms with Crippen LogP contribution in [0.1, 0.15) is 29.6 Å². The van der Waals surface area contributed by atoms with Crippen LogP contribution >= 0.6 is 0 Å². The van der Waals surface area contributed by atoms with E-state index in [2.05, 4.69) is 5.10 Å². The van der Waals surface area contributed by atoms with Gasteiger partial charge >= 0.3 is 0 Å². The van der Waals surface area contributed by atoms with Crippen LogP contribution in [-0.2, 0) is 6.54 Å². The molecular formula is C11H17FN4O. The van der Waals surface area contributed by atoms with Gasteiger partial charge in [0.05, 0.1) is 6.54 Å². The zero-order valence-electron chi connectivity index (χ0n) is 9.73. The summed E-state index contributed by atoms with van der Waals surface area (Å²) in [5, 5.41) is 3.92. The van der Waals surface area contributed by atoms with Crippen molar-refractivity contribution in [3.63, 3.8) is 0 Å². The highest BCUT2D eigenvalue weighted by atomic mass is 19.1. The number of halogens is 1. The Balaban J connectivity index is 2.12. The van der Waals surface area contributed by atoms with Crippen molar-refractivity contribution in [3.8, 4) is 0 Å². The van der Waals surface area contributed by atoms with Gasteiger partial charge in [0, 0.05) is 19.3 Å². The Kier molecular flexibility index (Phi) is 3.61. The molecule has 0 radical (unpaired) electrons. The Morgan fingerprint density at radius 1 is 1.41 bits per heavy atom. The van der Waals surface area contributed by atoms with E-state index in [1.807, 2.05) is 0 Å². The number of nitrogen functional groups attached to an aromatic ring is 1. The minimum Gasteiger partial charge on any atom is -0.382 e. The van der Waals surface area contributed by atoms with Gasteiger partial charge in [-0.3, -0.25) is 9.48 Å². The number of nitrogens with two attached hydrogens (primary N) is 1. The SMILES string of the molecule is Nc1nn(CCF)cc1C(=O)N1CCCCC1. The number of likely N-dealkylation sites (tertiary alicyclic amines) is 1. The second kappa shape index (κ2) is 5.16. The number of hydrogen-bond acceptors (Lipinski definition) is 3. The van der Waals surface area contributed by atoms with E-state index in [4.69, 9.17) is 5.73 Å². The van der Waals surface area contributed by atoms with Crippen molar-refractivity contribution in [2.24, 2.45) is 0 Å². The number of anilines is 1. The molecule has 0 unspecified atom stereocenters. The zero-order valence-corrected chi connectivity index (χ0v) is 9.73. The van der Waals surface area contributed by atoms with Crippen molar-refractivity contribution in [1.82, 2.24) is 14.7 Å². The van der Waals surface area contributed by atoms with Gasteiger partial charge in [-0.25, -0.2) is 4.39 Å². The summed E-state index contributed by atoms with van der Waals surface area (Å²) in [6, 6.07) is 0. The zero-order chi connectivity index (χ0) is 12.3. The fraction of sp³-hybridized carbons (Fsp3) is 0.636. The fourth-order valence-electron chi connectivity index (χ4n) is 2.07. The largest absolute Gasteiger partial charge is 0.382 e. The lowest BCUT2D eigenvalue weighted by Crippen LogP contribution is -2.35. The number of piperidine rings is 1. The van der Waals surface area contributed by atoms with Crippen molar-refractivity contribution in [1.29, 1.82) is 0 Å². The minimum absolute atomic E-state index is 0.0905. The van der Waals surface area contributed by atoms with E-state index in [1.165, 1.54) is 17.3 Å². The first-order chi connectivity index (χ1) is 8.22. The lowest BCUT2D eigenvalue weighted by Gasteiger charge is -2.26. The lowest BCUT2D eigenvalue weighted by atomic mass is 10.1. The maximum Gasteiger partial charge on any atom is 0.259 e. The summed E-state index contributed by atoms with van der Waals surface area (Å²) in [7, 11) is 0. The number of amides is 1. The summed E-state index contributed by atoms with van der Waals surface area (Å²) in [5.74, 6) is 0.0985. The van der Waals surface area contributed by atoms with Crippen molar-refractivity contribution in [3.05, 3.63) is 11.8 Å². The molecule has 1 aliphatic heterocycles. The molecule has 1 amide bonds. The normalized spacial score (nSPS) is 16.2. The first-order valence-corrected chi connectivity index (χ1v) is 5.90. The molecule has 0 saturated carbocycles. The standard InChI is InChI=1S/C11H17FN4O/c12-4-7-16-8-9(10(13)14-16)11(17)15-5-2-1-3-6-15/h8H,1-7H2,(H2,13,14). The molecule has 1 aromatic heterocycles. The van der Waals surface area contributed by atoms with E-state index in [0.717, 1.165) is 25.9 Å². The van der Waals surface area contributed by atoms with Crippen LogP contribution in [0.15, 0.2) is 6.20 Å². The van der Waals surface area contributed by atoms with E-state index < -0.39 is 6.67 Å². The molecule has 1 aromatic rings. The topological polar surface area (TPSA) is 64.1 Å². The van der Waals surface area contributed by atoms with Gasteiger partial charge in [0.1, 0.15) is 12.2 Å². The first-order valence-electron chi connectivity index (χ1n) is 5.90. The summed E-state index contributed by atoms with van der Waals surface area (Å²) < 4.78 is 13.6. The van der Waals surface area contributed by atoms with Crippen molar-refractivity contribution < 1.29 is 9.18 Å². The Morgan fingerprint density at radius 3 is 2.76 bits per heavy atom. The molecule has 0 atom stereocenters. The summed E-state index contributed by atoms with van der Waals surface area (Å²) in [5.41, 5.74) is 6.07. The molecule has 6 heteroatoms. The number of aromatic nitrogens is 2. The Morgan fingerprint density at radius 2 is 2.12 bits per heavy atom. The molecule has 1 aliphatic rings. The predicted molar refractivity (Wildman–Crippen MR) is 62.4 cm³/mol. The highest BCUT2D eigenvalue weighted by Gasteiger charge is 2.22. The Bertz CT molecular complexity index is 398. The number of alkyl halides is 1. The molecule has 0 aromatic carbocycles. The van der Waals surface area contributed by atoms with Crippen molar-refractivity contribution >= 4 is 11.7 Å². The number of aryl methyl sites for hydroxylation is 1. The monoisotopic (exact) mass is 240 g/mol. The summed E-state index contributed by atoms with van der Waals surface area (Å²) in [6.07, 6.45) is 4.76. The van der Waals surface area contributed by atoms with E-state index in [9.17, 15) is 9.18 Å². The highest BCUT2D eigenvalue weighted by molar-refractivity contribution is 5.98. The molecule has 1 saturated heterocycles. The number of carbonyl (C=O) groups excluding carboxylic acids is 1. The molecular weight excluding hydrogens is 223 g/mol. The highest BCUT2D eigenvalue weighted by Crippen LogP contribution is 2.16. The number of rotatable bonds is 3. The van der Waals surface area contributed by atoms with Crippen molar-refractivity contribution in [2.45, 2.75) is 25.8 Å². The molecule has 0 aliphatic carbocycles. The van der Waals surface area contributed by atoms with Gasteiger partial charge in [0.15, 0.2) is 5.82 Å². The number of carbonyl (C=O) groups is 1. The average Bonchev–Trinajstić information content (AvgIpc) is 2.71. The van der Waals surface area contributed by atoms with Gasteiger partial charge in [-0.1, -0.05) is 0 Å². The van der Waals surface area contributed by atoms with Gasteiger partial charge in [0.25, 0.3) is 5.91 Å². The molecule has 2 heterocycles. The molecule has 17 heavy (non-hydrogen) atoms. The van der Waals surface area contributed by atoms with Crippen LogP contribution < -0.4 is 5.73 Å². The second-order valence-electron chi connectivity index (χ2n) is 4.23. The lowest BCUT2D eigenvalue weighted by molar-refractivity contribution is 0.0725. The van der Waals surface area contributed by atoms with Crippen LogP contribution in [0.25, 0.3) is 0 Å². The molecule has 0 spiro atoms. The quantitative estimate of drug-likeness (QED) is 0.859. The smallest absolute Gasteiger partial charge is 0.259 e. The fourth-order valence-corrected chi connectivity index (χ4v) is 2.07. The van der Waals surface area contributed by atoms with E-state index in [-0.39, 0.29) is 18.3 Å². The predicted octanol–water partition coefficient (Wildman–Crippen LogP) is 1.06. The second-order valence-corrected chi connectivity index (χ2v) is 4.23. The van der Waals surface area contributed by atoms with E-state index in [1.54, 1.807) is 4.90 Å². The maximum atomic E-state index is 12.2. The van der Waals surface area contributed by atoms with Gasteiger partial charge in [-0.2, -0.15) is 5.10 Å². The summed E-state index contributed by atoms with van der Waals surface area (Å²) in [4.78, 5) is 13.9. The maximum absolute atomic E-state index is 12.2. The van der Waals surface area contributed by atoms with Crippen LogP contribution in [0.5, 0.6) is 0 Å². The van der Waals surface area contributed by atoms with Crippen molar-refractivity contribution in [2.75, 3.05) is 25.5 Å². The molecule has 1 fully saturated rings. The third-order valence-electron chi connectivity index (χ3n) is 2.98. The Hall–Kier alpha value is -1.59. The first kappa shape index (κ1) is 11.9. The van der Waals surface area contributed by atoms with Gasteiger partial charge < -0.3 is 10.6 Å². The van der Waals surface area contributed by atoms with Crippen LogP contribution in [-0.4, -0.2) is 40.4 Å². The van der Waals surface area contributed by atoms with Crippen LogP contribution in [0.4, 0.5) is 10.2 Å². The minimum atomic E-state index is -0.515. The number of hydrogen-bond donors (Lipinski definition) is 1.